The van der Waals surface area contributed by atoms with Crippen LogP contribution in [0.15, 0.2) is 35.8 Å². The van der Waals surface area contributed by atoms with Crippen molar-refractivity contribution in [3.05, 3.63) is 51.4 Å². The van der Waals surface area contributed by atoms with E-state index in [4.69, 9.17) is 17.3 Å². The van der Waals surface area contributed by atoms with E-state index in [1.807, 2.05) is 29.6 Å². The quantitative estimate of drug-likeness (QED) is 0.852. The molecule has 0 fully saturated rings. The highest BCUT2D eigenvalue weighted by Crippen LogP contribution is 2.26. The zero-order valence-corrected chi connectivity index (χ0v) is 8.92. The van der Waals surface area contributed by atoms with Gasteiger partial charge in [0, 0.05) is 16.6 Å². The topological polar surface area (TPSA) is 38.9 Å². The number of benzene rings is 1. The Bertz CT molecular complexity index is 414. The monoisotopic (exact) mass is 224 g/mol. The molecule has 1 atom stereocenters. The van der Waals surface area contributed by atoms with E-state index in [0.717, 1.165) is 10.6 Å². The number of thiazole rings is 1. The van der Waals surface area contributed by atoms with E-state index in [1.54, 1.807) is 6.20 Å². The van der Waals surface area contributed by atoms with E-state index < -0.39 is 0 Å². The average molecular weight is 225 g/mol. The van der Waals surface area contributed by atoms with Crippen molar-refractivity contribution >= 4 is 22.9 Å². The van der Waals surface area contributed by atoms with Crippen molar-refractivity contribution in [3.8, 4) is 0 Å². The highest BCUT2D eigenvalue weighted by atomic mass is 35.5. The second-order valence-corrected chi connectivity index (χ2v) is 4.20. The van der Waals surface area contributed by atoms with Crippen LogP contribution in [0.2, 0.25) is 5.02 Å². The maximum Gasteiger partial charge on any atom is 0.114 e. The van der Waals surface area contributed by atoms with E-state index in [1.165, 1.54) is 11.3 Å². The van der Waals surface area contributed by atoms with Gasteiger partial charge in [0.1, 0.15) is 5.01 Å². The van der Waals surface area contributed by atoms with Crippen molar-refractivity contribution < 1.29 is 0 Å². The van der Waals surface area contributed by atoms with Gasteiger partial charge in [-0.2, -0.15) is 0 Å². The first kappa shape index (κ1) is 9.65. The highest BCUT2D eigenvalue weighted by Gasteiger charge is 2.13. The lowest BCUT2D eigenvalue weighted by Crippen LogP contribution is -2.11. The summed E-state index contributed by atoms with van der Waals surface area (Å²) in [7, 11) is 0. The number of nitrogens with zero attached hydrogens (tertiary/aromatic N) is 1. The maximum atomic E-state index is 6.03. The van der Waals surface area contributed by atoms with Crippen molar-refractivity contribution in [2.45, 2.75) is 6.04 Å². The van der Waals surface area contributed by atoms with Gasteiger partial charge in [0.2, 0.25) is 0 Å². The van der Waals surface area contributed by atoms with Crippen LogP contribution in [0.25, 0.3) is 0 Å². The van der Waals surface area contributed by atoms with Crippen molar-refractivity contribution in [1.82, 2.24) is 4.98 Å². The van der Waals surface area contributed by atoms with Crippen LogP contribution in [-0.4, -0.2) is 4.98 Å². The third-order valence-electron chi connectivity index (χ3n) is 1.96. The number of nitrogens with two attached hydrogens (primary N) is 1. The van der Waals surface area contributed by atoms with E-state index in [2.05, 4.69) is 4.98 Å². The molecule has 0 bridgehead atoms. The second-order valence-electron chi connectivity index (χ2n) is 2.87. The van der Waals surface area contributed by atoms with Crippen molar-refractivity contribution in [3.63, 3.8) is 0 Å². The van der Waals surface area contributed by atoms with Gasteiger partial charge >= 0.3 is 0 Å². The Balaban J connectivity index is 2.37. The van der Waals surface area contributed by atoms with Crippen molar-refractivity contribution in [2.75, 3.05) is 0 Å². The van der Waals surface area contributed by atoms with Crippen LogP contribution in [0.1, 0.15) is 16.6 Å². The Kier molecular flexibility index (Phi) is 2.82. The predicted molar refractivity (Wildman–Crippen MR) is 59.6 cm³/mol. The molecule has 4 heteroatoms. The molecule has 1 aromatic heterocycles. The summed E-state index contributed by atoms with van der Waals surface area (Å²) in [5.41, 5.74) is 6.95. The van der Waals surface area contributed by atoms with Crippen LogP contribution < -0.4 is 5.73 Å². The van der Waals surface area contributed by atoms with Crippen molar-refractivity contribution in [1.29, 1.82) is 0 Å². The van der Waals surface area contributed by atoms with Gasteiger partial charge in [-0.1, -0.05) is 29.8 Å². The molecular formula is C10H9ClN2S. The van der Waals surface area contributed by atoms with Crippen LogP contribution in [0.3, 0.4) is 0 Å². The SMILES string of the molecule is NC(c1nccs1)c1ccccc1Cl. The summed E-state index contributed by atoms with van der Waals surface area (Å²) in [5, 5.41) is 3.49. The molecule has 2 aromatic rings. The minimum atomic E-state index is -0.219. The Morgan fingerprint density at radius 3 is 2.79 bits per heavy atom. The Morgan fingerprint density at radius 2 is 2.14 bits per heavy atom. The number of hydrogen-bond acceptors (Lipinski definition) is 3. The first-order valence-electron chi connectivity index (χ1n) is 4.18. The smallest absolute Gasteiger partial charge is 0.114 e. The van der Waals surface area contributed by atoms with Gasteiger partial charge in [0.15, 0.2) is 0 Å². The number of aromatic nitrogens is 1. The predicted octanol–water partition coefficient (Wildman–Crippen LogP) is 2.84. The van der Waals surface area contributed by atoms with Gasteiger partial charge in [-0.3, -0.25) is 0 Å². The fourth-order valence-corrected chi connectivity index (χ4v) is 2.16. The third-order valence-corrected chi connectivity index (χ3v) is 3.16. The molecule has 0 spiro atoms. The van der Waals surface area contributed by atoms with E-state index in [-0.39, 0.29) is 6.04 Å². The molecule has 0 aliphatic carbocycles. The zero-order chi connectivity index (χ0) is 9.97. The first-order chi connectivity index (χ1) is 6.79. The minimum Gasteiger partial charge on any atom is -0.318 e. The summed E-state index contributed by atoms with van der Waals surface area (Å²) >= 11 is 7.57. The van der Waals surface area contributed by atoms with Crippen LogP contribution in [0, 0.1) is 0 Å². The molecule has 14 heavy (non-hydrogen) atoms. The van der Waals surface area contributed by atoms with Gasteiger partial charge in [-0.05, 0) is 11.6 Å². The largest absolute Gasteiger partial charge is 0.318 e. The van der Waals surface area contributed by atoms with Gasteiger partial charge in [0.05, 0.1) is 6.04 Å². The molecule has 0 amide bonds. The molecule has 0 aliphatic heterocycles. The van der Waals surface area contributed by atoms with Gasteiger partial charge < -0.3 is 5.73 Å². The summed E-state index contributed by atoms with van der Waals surface area (Å²) in [4.78, 5) is 4.17. The van der Waals surface area contributed by atoms with E-state index >= 15 is 0 Å². The molecule has 1 aromatic carbocycles. The number of rotatable bonds is 2. The van der Waals surface area contributed by atoms with Gasteiger partial charge in [0.25, 0.3) is 0 Å². The lowest BCUT2D eigenvalue weighted by molar-refractivity contribution is 0.858. The molecule has 2 rings (SSSR count). The fourth-order valence-electron chi connectivity index (χ4n) is 1.25. The summed E-state index contributed by atoms with van der Waals surface area (Å²) in [6.45, 7) is 0. The normalized spacial score (nSPS) is 12.7. The average Bonchev–Trinajstić information content (AvgIpc) is 2.70. The molecule has 2 nitrogen and oxygen atoms in total. The molecule has 0 saturated heterocycles. The Labute approximate surface area is 91.4 Å². The molecular weight excluding hydrogens is 216 g/mol. The molecule has 2 N–H and O–H groups in total. The van der Waals surface area contributed by atoms with Crippen LogP contribution in [0.4, 0.5) is 0 Å². The third kappa shape index (κ3) is 1.80. The molecule has 72 valence electrons. The summed E-state index contributed by atoms with van der Waals surface area (Å²) in [6, 6.07) is 7.36. The van der Waals surface area contributed by atoms with Crippen LogP contribution in [0.5, 0.6) is 0 Å². The zero-order valence-electron chi connectivity index (χ0n) is 7.35. The molecule has 0 aliphatic rings. The van der Waals surface area contributed by atoms with E-state index in [9.17, 15) is 0 Å². The Morgan fingerprint density at radius 1 is 1.36 bits per heavy atom. The molecule has 0 saturated carbocycles. The van der Waals surface area contributed by atoms with E-state index in [0.29, 0.717) is 5.02 Å². The lowest BCUT2D eigenvalue weighted by atomic mass is 10.1. The standard InChI is InChI=1S/C10H9ClN2S/c11-8-4-2-1-3-7(8)9(12)10-13-5-6-14-10/h1-6,9H,12H2. The number of hydrogen-bond donors (Lipinski definition) is 1. The van der Waals surface area contributed by atoms with Crippen LogP contribution in [-0.2, 0) is 0 Å². The molecule has 1 unspecified atom stereocenters. The molecule has 0 radical (unpaired) electrons. The molecule has 1 heterocycles. The lowest BCUT2D eigenvalue weighted by Gasteiger charge is -2.10. The summed E-state index contributed by atoms with van der Waals surface area (Å²) in [6.07, 6.45) is 1.75. The summed E-state index contributed by atoms with van der Waals surface area (Å²) < 4.78 is 0. The number of halogens is 1. The first-order valence-corrected chi connectivity index (χ1v) is 5.44. The van der Waals surface area contributed by atoms with Gasteiger partial charge in [-0.25, -0.2) is 4.98 Å². The van der Waals surface area contributed by atoms with Gasteiger partial charge in [-0.15, -0.1) is 11.3 Å². The summed E-state index contributed by atoms with van der Waals surface area (Å²) in [5.74, 6) is 0. The minimum absolute atomic E-state index is 0.219. The fraction of sp³-hybridized carbons (Fsp3) is 0.100. The van der Waals surface area contributed by atoms with Crippen molar-refractivity contribution in [2.24, 2.45) is 5.73 Å². The second kappa shape index (κ2) is 4.09. The maximum absolute atomic E-state index is 6.03. The highest BCUT2D eigenvalue weighted by molar-refractivity contribution is 7.09. The van der Waals surface area contributed by atoms with Crippen LogP contribution >= 0.6 is 22.9 Å². The Hall–Kier alpha value is -0.900.